The van der Waals surface area contributed by atoms with Crippen molar-refractivity contribution in [2.24, 2.45) is 5.92 Å². The van der Waals surface area contributed by atoms with Crippen molar-refractivity contribution in [3.63, 3.8) is 0 Å². The highest BCUT2D eigenvalue weighted by molar-refractivity contribution is 9.13. The van der Waals surface area contributed by atoms with Crippen LogP contribution in [0.4, 0.5) is 43.9 Å². The number of allylic oxidation sites excluding steroid dienone is 1. The molecule has 13 heteroatoms. The molecular weight excluding hydrogens is 630 g/mol. The van der Waals surface area contributed by atoms with Crippen molar-refractivity contribution in [1.29, 1.82) is 0 Å². The summed E-state index contributed by atoms with van der Waals surface area (Å²) in [5.74, 6) is -7.94. The minimum absolute atomic E-state index is 0.0817. The van der Waals surface area contributed by atoms with E-state index < -0.39 is 70.6 Å². The highest BCUT2D eigenvalue weighted by atomic mass is 79.9. The SMILES string of the molecule is CC(CC(=O)c1ccc(/C(F)=C/C(c2ccc(Br)c(Br)c2)C(F)(F)F)cc1C(F)(F)F)C(F)(F)F. The van der Waals surface area contributed by atoms with Crippen LogP contribution in [0.1, 0.15) is 46.3 Å². The summed E-state index contributed by atoms with van der Waals surface area (Å²) in [5.41, 5.74) is -4.24. The third-order valence-corrected chi connectivity index (χ3v) is 6.80. The first-order chi connectivity index (χ1) is 15.8. The van der Waals surface area contributed by atoms with Crippen LogP contribution in [-0.4, -0.2) is 18.1 Å². The third-order valence-electron chi connectivity index (χ3n) is 4.92. The predicted octanol–water partition coefficient (Wildman–Crippen LogP) is 9.66. The zero-order valence-corrected chi connectivity index (χ0v) is 20.5. The van der Waals surface area contributed by atoms with Crippen LogP contribution in [0.3, 0.4) is 0 Å². The van der Waals surface area contributed by atoms with Crippen LogP contribution >= 0.6 is 31.9 Å². The summed E-state index contributed by atoms with van der Waals surface area (Å²) < 4.78 is 135. The molecule has 0 saturated heterocycles. The number of ketones is 1. The third kappa shape index (κ3) is 7.55. The smallest absolute Gasteiger partial charge is 0.294 e. The summed E-state index contributed by atoms with van der Waals surface area (Å²) in [6, 6.07) is 4.52. The Labute approximate surface area is 209 Å². The second-order valence-corrected chi connectivity index (χ2v) is 9.24. The maximum Gasteiger partial charge on any atom is 0.417 e. The van der Waals surface area contributed by atoms with E-state index in [0.717, 1.165) is 12.1 Å². The summed E-state index contributed by atoms with van der Waals surface area (Å²) >= 11 is 6.09. The Morgan fingerprint density at radius 1 is 0.886 bits per heavy atom. The normalized spacial score (nSPS) is 15.2. The van der Waals surface area contributed by atoms with Gasteiger partial charge in [0.05, 0.1) is 11.5 Å². The number of alkyl halides is 9. The van der Waals surface area contributed by atoms with Gasteiger partial charge in [-0.1, -0.05) is 25.1 Å². The topological polar surface area (TPSA) is 17.1 Å². The van der Waals surface area contributed by atoms with E-state index in [1.807, 2.05) is 0 Å². The van der Waals surface area contributed by atoms with Gasteiger partial charge in [0.15, 0.2) is 5.78 Å². The molecule has 0 radical (unpaired) electrons. The van der Waals surface area contributed by atoms with Gasteiger partial charge in [-0.2, -0.15) is 39.5 Å². The minimum atomic E-state index is -5.29. The quantitative estimate of drug-likeness (QED) is 0.226. The molecular formula is C22H14Br2F10O. The van der Waals surface area contributed by atoms with Crippen LogP contribution in [0.15, 0.2) is 51.4 Å². The van der Waals surface area contributed by atoms with Crippen molar-refractivity contribution in [3.8, 4) is 0 Å². The van der Waals surface area contributed by atoms with Gasteiger partial charge < -0.3 is 0 Å². The number of carbonyl (C=O) groups excluding carboxylic acids is 1. The summed E-state index contributed by atoms with van der Waals surface area (Å²) in [7, 11) is 0. The van der Waals surface area contributed by atoms with E-state index in [0.29, 0.717) is 23.5 Å². The van der Waals surface area contributed by atoms with Gasteiger partial charge in [0.25, 0.3) is 0 Å². The molecule has 0 saturated carbocycles. The first-order valence-electron chi connectivity index (χ1n) is 9.53. The van der Waals surface area contributed by atoms with Crippen molar-refractivity contribution in [2.45, 2.75) is 37.8 Å². The van der Waals surface area contributed by atoms with Crippen LogP contribution in [-0.2, 0) is 6.18 Å². The molecule has 192 valence electrons. The van der Waals surface area contributed by atoms with Gasteiger partial charge in [0, 0.05) is 26.5 Å². The Bertz CT molecular complexity index is 1120. The van der Waals surface area contributed by atoms with Crippen LogP contribution < -0.4 is 0 Å². The minimum Gasteiger partial charge on any atom is -0.294 e. The largest absolute Gasteiger partial charge is 0.417 e. The van der Waals surface area contributed by atoms with E-state index in [1.54, 1.807) is 0 Å². The maximum absolute atomic E-state index is 14.8. The van der Waals surface area contributed by atoms with Gasteiger partial charge in [-0.05, 0) is 61.7 Å². The molecule has 2 atom stereocenters. The second kappa shape index (κ2) is 10.6. The average Bonchev–Trinajstić information content (AvgIpc) is 2.71. The number of Topliss-reactive ketones (excluding diaryl/α,β-unsaturated/α-hetero) is 1. The number of hydrogen-bond donors (Lipinski definition) is 0. The first-order valence-corrected chi connectivity index (χ1v) is 11.1. The van der Waals surface area contributed by atoms with Crippen molar-refractivity contribution in [1.82, 2.24) is 0 Å². The van der Waals surface area contributed by atoms with Gasteiger partial charge >= 0.3 is 18.5 Å². The lowest BCUT2D eigenvalue weighted by atomic mass is 9.93. The molecule has 0 aliphatic carbocycles. The molecule has 2 aromatic rings. The standard InChI is InChI=1S/C22H14Br2F10O/c1-10(20(26,27)28)6-19(35)13-4-2-12(7-15(13)22(32,33)34)18(25)9-14(21(29,30)31)11-3-5-16(23)17(24)8-11/h2-5,7-10,14H,6H2,1H3/b18-9-. The number of hydrogen-bond acceptors (Lipinski definition) is 1. The predicted molar refractivity (Wildman–Crippen MR) is 115 cm³/mol. The Kier molecular flexibility index (Phi) is 8.90. The van der Waals surface area contributed by atoms with Crippen molar-refractivity contribution < 1.29 is 48.7 Å². The van der Waals surface area contributed by atoms with Crippen LogP contribution in [0.2, 0.25) is 0 Å². The van der Waals surface area contributed by atoms with E-state index in [-0.39, 0.29) is 16.6 Å². The molecule has 0 aromatic heterocycles. The van der Waals surface area contributed by atoms with Gasteiger partial charge in [-0.3, -0.25) is 4.79 Å². The zero-order valence-electron chi connectivity index (χ0n) is 17.3. The molecule has 2 unspecified atom stereocenters. The number of benzene rings is 2. The van der Waals surface area contributed by atoms with Gasteiger partial charge in [-0.15, -0.1) is 0 Å². The maximum atomic E-state index is 14.8. The Morgan fingerprint density at radius 2 is 1.49 bits per heavy atom. The Hall–Kier alpha value is -1.89. The fourth-order valence-electron chi connectivity index (χ4n) is 3.00. The monoisotopic (exact) mass is 642 g/mol. The lowest BCUT2D eigenvalue weighted by Gasteiger charge is -2.19. The molecule has 0 N–H and O–H groups in total. The number of carbonyl (C=O) groups is 1. The summed E-state index contributed by atoms with van der Waals surface area (Å²) in [5, 5.41) is 0. The highest BCUT2D eigenvalue weighted by Crippen LogP contribution is 2.41. The Balaban J connectivity index is 2.54. The lowest BCUT2D eigenvalue weighted by Crippen LogP contribution is -2.24. The average molecular weight is 644 g/mol. The molecule has 2 aromatic carbocycles. The van der Waals surface area contributed by atoms with E-state index >= 15 is 0 Å². The van der Waals surface area contributed by atoms with Gasteiger partial charge in [0.2, 0.25) is 0 Å². The van der Waals surface area contributed by atoms with Crippen LogP contribution in [0.25, 0.3) is 5.83 Å². The molecule has 0 aliphatic rings. The molecule has 2 rings (SSSR count). The van der Waals surface area contributed by atoms with E-state index in [9.17, 15) is 48.7 Å². The molecule has 0 spiro atoms. The van der Waals surface area contributed by atoms with Gasteiger partial charge in [0.1, 0.15) is 11.7 Å². The van der Waals surface area contributed by atoms with E-state index in [1.165, 1.54) is 6.07 Å². The molecule has 1 nitrogen and oxygen atoms in total. The summed E-state index contributed by atoms with van der Waals surface area (Å²) in [4.78, 5) is 12.1. The van der Waals surface area contributed by atoms with E-state index in [4.69, 9.17) is 0 Å². The van der Waals surface area contributed by atoms with E-state index in [2.05, 4.69) is 31.9 Å². The Morgan fingerprint density at radius 3 is 1.97 bits per heavy atom. The first kappa shape index (κ1) is 29.3. The fraction of sp³-hybridized carbons (Fsp3) is 0.318. The van der Waals surface area contributed by atoms with Gasteiger partial charge in [-0.25, -0.2) is 4.39 Å². The van der Waals surface area contributed by atoms with Crippen molar-refractivity contribution in [2.75, 3.05) is 0 Å². The molecule has 0 aliphatic heterocycles. The lowest BCUT2D eigenvalue weighted by molar-refractivity contribution is -0.168. The zero-order chi connectivity index (χ0) is 26.9. The molecule has 0 heterocycles. The molecule has 0 amide bonds. The molecule has 0 bridgehead atoms. The summed E-state index contributed by atoms with van der Waals surface area (Å²) in [6.45, 7) is 0.611. The fourth-order valence-corrected chi connectivity index (χ4v) is 3.65. The van der Waals surface area contributed by atoms with Crippen molar-refractivity contribution >= 4 is 43.5 Å². The second-order valence-electron chi connectivity index (χ2n) is 7.54. The molecule has 35 heavy (non-hydrogen) atoms. The number of rotatable bonds is 6. The van der Waals surface area contributed by atoms with Crippen LogP contribution in [0.5, 0.6) is 0 Å². The summed E-state index contributed by atoms with van der Waals surface area (Å²) in [6.07, 6.45) is -16.3. The van der Waals surface area contributed by atoms with Crippen LogP contribution in [0, 0.1) is 5.92 Å². The number of halogens is 12. The highest BCUT2D eigenvalue weighted by Gasteiger charge is 2.42. The molecule has 0 fully saturated rings. The van der Waals surface area contributed by atoms with Crippen molar-refractivity contribution in [3.05, 3.63) is 73.7 Å².